The van der Waals surface area contributed by atoms with Gasteiger partial charge in [-0.3, -0.25) is 4.79 Å². The number of carbonyl (C=O) groups is 1. The maximum absolute atomic E-state index is 12.6. The lowest BCUT2D eigenvalue weighted by Gasteiger charge is -2.34. The number of hydrogen-bond donors (Lipinski definition) is 0. The molecule has 1 unspecified atom stereocenters. The van der Waals surface area contributed by atoms with Crippen LogP contribution >= 0.6 is 0 Å². The predicted molar refractivity (Wildman–Crippen MR) is 96.5 cm³/mol. The molecule has 4 heterocycles. The van der Waals surface area contributed by atoms with Gasteiger partial charge < -0.3 is 14.4 Å². The number of anilines is 1. The normalized spacial score (nSPS) is 20.9. The molecule has 0 saturated carbocycles. The summed E-state index contributed by atoms with van der Waals surface area (Å²) in [6.45, 7) is 4.74. The minimum Gasteiger partial charge on any atom is -0.356 e. The van der Waals surface area contributed by atoms with Gasteiger partial charge in [0.2, 0.25) is 0 Å². The van der Waals surface area contributed by atoms with Gasteiger partial charge in [-0.25, -0.2) is 9.97 Å². The van der Waals surface area contributed by atoms with Crippen LogP contribution in [0.2, 0.25) is 0 Å². The van der Waals surface area contributed by atoms with Crippen molar-refractivity contribution in [1.82, 2.24) is 19.4 Å². The summed E-state index contributed by atoms with van der Waals surface area (Å²) in [5.41, 5.74) is 0.767. The highest BCUT2D eigenvalue weighted by Crippen LogP contribution is 2.24. The number of hydrogen-bond acceptors (Lipinski definition) is 4. The molecule has 0 radical (unpaired) electrons. The fraction of sp³-hybridized carbons (Fsp3) is 0.526. The van der Waals surface area contributed by atoms with Gasteiger partial charge in [-0.15, -0.1) is 0 Å². The number of rotatable bonds is 4. The van der Waals surface area contributed by atoms with Crippen LogP contribution in [-0.4, -0.2) is 51.5 Å². The number of imidazole rings is 1. The third kappa shape index (κ3) is 3.67. The molecule has 2 saturated heterocycles. The van der Waals surface area contributed by atoms with Crippen LogP contribution in [0.3, 0.4) is 0 Å². The van der Waals surface area contributed by atoms with Crippen LogP contribution in [-0.2, 0) is 6.54 Å². The van der Waals surface area contributed by atoms with Gasteiger partial charge in [0.25, 0.3) is 5.91 Å². The minimum absolute atomic E-state index is 0.146. The highest BCUT2D eigenvalue weighted by atomic mass is 16.2. The molecule has 6 nitrogen and oxygen atoms in total. The van der Waals surface area contributed by atoms with Crippen LogP contribution in [0, 0.1) is 5.92 Å². The van der Waals surface area contributed by atoms with E-state index < -0.39 is 0 Å². The molecule has 0 spiro atoms. The van der Waals surface area contributed by atoms with Crippen molar-refractivity contribution in [3.63, 3.8) is 0 Å². The largest absolute Gasteiger partial charge is 0.356 e. The van der Waals surface area contributed by atoms with Crippen molar-refractivity contribution >= 4 is 11.7 Å². The highest BCUT2D eigenvalue weighted by molar-refractivity contribution is 5.95. The molecule has 2 aromatic heterocycles. The Hall–Kier alpha value is -2.37. The van der Waals surface area contributed by atoms with Gasteiger partial charge in [0, 0.05) is 56.9 Å². The molecule has 0 aromatic carbocycles. The quantitative estimate of drug-likeness (QED) is 0.858. The maximum atomic E-state index is 12.6. The molecule has 2 fully saturated rings. The van der Waals surface area contributed by atoms with Crippen molar-refractivity contribution in [3.05, 3.63) is 42.6 Å². The molecule has 0 bridgehead atoms. The first-order chi connectivity index (χ1) is 12.3. The van der Waals surface area contributed by atoms with Crippen molar-refractivity contribution in [1.29, 1.82) is 0 Å². The first-order valence-corrected chi connectivity index (χ1v) is 9.25. The average Bonchev–Trinajstić information content (AvgIpc) is 3.35. The topological polar surface area (TPSA) is 54.3 Å². The summed E-state index contributed by atoms with van der Waals surface area (Å²) in [4.78, 5) is 25.6. The number of amides is 1. The summed E-state index contributed by atoms with van der Waals surface area (Å²) >= 11 is 0. The van der Waals surface area contributed by atoms with E-state index in [1.807, 2.05) is 35.8 Å². The number of pyridine rings is 1. The number of carbonyl (C=O) groups excluding carboxylic acids is 1. The molecule has 2 aromatic rings. The highest BCUT2D eigenvalue weighted by Gasteiger charge is 2.23. The van der Waals surface area contributed by atoms with Crippen molar-refractivity contribution in [2.24, 2.45) is 5.92 Å². The Labute approximate surface area is 148 Å². The van der Waals surface area contributed by atoms with Crippen LogP contribution < -0.4 is 4.90 Å². The molecule has 2 aliphatic rings. The van der Waals surface area contributed by atoms with E-state index in [-0.39, 0.29) is 5.91 Å². The fourth-order valence-corrected chi connectivity index (χ4v) is 3.94. The predicted octanol–water partition coefficient (Wildman–Crippen LogP) is 2.43. The Bertz CT molecular complexity index is 708. The van der Waals surface area contributed by atoms with E-state index >= 15 is 0 Å². The zero-order chi connectivity index (χ0) is 17.1. The number of likely N-dealkylation sites (tertiary alicyclic amines) is 1. The second-order valence-corrected chi connectivity index (χ2v) is 7.12. The number of nitrogens with zero attached hydrogens (tertiary/aromatic N) is 5. The molecule has 2 aliphatic heterocycles. The van der Waals surface area contributed by atoms with Gasteiger partial charge in [0.15, 0.2) is 0 Å². The van der Waals surface area contributed by atoms with Gasteiger partial charge in [0.05, 0.1) is 6.33 Å². The molecule has 0 aliphatic carbocycles. The third-order valence-corrected chi connectivity index (χ3v) is 5.26. The van der Waals surface area contributed by atoms with Crippen LogP contribution in [0.15, 0.2) is 37.1 Å². The Balaban J connectivity index is 1.45. The Morgan fingerprint density at radius 1 is 1.16 bits per heavy atom. The summed E-state index contributed by atoms with van der Waals surface area (Å²) in [7, 11) is 0. The first kappa shape index (κ1) is 16.1. The smallest absolute Gasteiger partial charge is 0.254 e. The second kappa shape index (κ2) is 7.25. The van der Waals surface area contributed by atoms with Gasteiger partial charge in [0.1, 0.15) is 5.82 Å². The summed E-state index contributed by atoms with van der Waals surface area (Å²) in [5.74, 6) is 1.66. The van der Waals surface area contributed by atoms with E-state index in [0.29, 0.717) is 5.92 Å². The summed E-state index contributed by atoms with van der Waals surface area (Å²) in [6.07, 6.45) is 12.1. The second-order valence-electron chi connectivity index (χ2n) is 7.12. The van der Waals surface area contributed by atoms with E-state index in [2.05, 4.69) is 19.4 Å². The molecular formula is C19H25N5O. The standard InChI is InChI=1S/C19H25N5O/c25-19(23-8-1-2-9-23)17-5-6-21-18(12-17)24-10-3-4-16(14-24)13-22-11-7-20-15-22/h5-7,11-12,15-16H,1-4,8-10,13-14H2. The molecule has 25 heavy (non-hydrogen) atoms. The lowest BCUT2D eigenvalue weighted by molar-refractivity contribution is 0.0792. The van der Waals surface area contributed by atoms with Crippen molar-refractivity contribution < 1.29 is 4.79 Å². The lowest BCUT2D eigenvalue weighted by atomic mass is 9.98. The number of aromatic nitrogens is 3. The number of piperidine rings is 1. The minimum atomic E-state index is 0.146. The van der Waals surface area contributed by atoms with E-state index in [1.54, 1.807) is 6.20 Å². The Kier molecular flexibility index (Phi) is 4.68. The zero-order valence-corrected chi connectivity index (χ0v) is 14.5. The maximum Gasteiger partial charge on any atom is 0.254 e. The molecule has 4 rings (SSSR count). The Morgan fingerprint density at radius 3 is 2.84 bits per heavy atom. The first-order valence-electron chi connectivity index (χ1n) is 9.25. The summed E-state index contributed by atoms with van der Waals surface area (Å²) in [5, 5.41) is 0. The summed E-state index contributed by atoms with van der Waals surface area (Å²) < 4.78 is 2.15. The van der Waals surface area contributed by atoms with E-state index in [0.717, 1.165) is 63.4 Å². The van der Waals surface area contributed by atoms with Crippen LogP contribution in [0.1, 0.15) is 36.0 Å². The summed E-state index contributed by atoms with van der Waals surface area (Å²) in [6, 6.07) is 3.82. The van der Waals surface area contributed by atoms with Crippen molar-refractivity contribution in [3.8, 4) is 0 Å². The fourth-order valence-electron chi connectivity index (χ4n) is 3.94. The van der Waals surface area contributed by atoms with Crippen molar-refractivity contribution in [2.45, 2.75) is 32.2 Å². The van der Waals surface area contributed by atoms with E-state index in [9.17, 15) is 4.79 Å². The van der Waals surface area contributed by atoms with Crippen LogP contribution in [0.25, 0.3) is 0 Å². The van der Waals surface area contributed by atoms with Gasteiger partial charge in [-0.1, -0.05) is 0 Å². The molecule has 0 N–H and O–H groups in total. The molecule has 1 atom stereocenters. The Morgan fingerprint density at radius 2 is 2.04 bits per heavy atom. The lowest BCUT2D eigenvalue weighted by Crippen LogP contribution is -2.37. The molecule has 1 amide bonds. The van der Waals surface area contributed by atoms with Crippen LogP contribution in [0.4, 0.5) is 5.82 Å². The van der Waals surface area contributed by atoms with E-state index in [4.69, 9.17) is 0 Å². The van der Waals surface area contributed by atoms with Gasteiger partial charge in [-0.2, -0.15) is 0 Å². The van der Waals surface area contributed by atoms with Crippen molar-refractivity contribution in [2.75, 3.05) is 31.1 Å². The zero-order valence-electron chi connectivity index (χ0n) is 14.5. The van der Waals surface area contributed by atoms with E-state index in [1.165, 1.54) is 6.42 Å². The third-order valence-electron chi connectivity index (χ3n) is 5.26. The SMILES string of the molecule is O=C(c1ccnc(N2CCCC(Cn3ccnc3)C2)c1)N1CCCC1. The molecule has 132 valence electrons. The monoisotopic (exact) mass is 339 g/mol. The average molecular weight is 339 g/mol. The van der Waals surface area contributed by atoms with Gasteiger partial charge in [-0.05, 0) is 43.7 Å². The van der Waals surface area contributed by atoms with Crippen LogP contribution in [0.5, 0.6) is 0 Å². The molecular weight excluding hydrogens is 314 g/mol. The van der Waals surface area contributed by atoms with Gasteiger partial charge >= 0.3 is 0 Å². The molecule has 6 heteroatoms.